The summed E-state index contributed by atoms with van der Waals surface area (Å²) in [5, 5.41) is 0. The number of aromatic nitrogens is 1. The number of rotatable bonds is 1. The van der Waals surface area contributed by atoms with E-state index in [1.54, 1.807) is 4.90 Å². The Bertz CT molecular complexity index is 520. The number of piperazine rings is 1. The van der Waals surface area contributed by atoms with Gasteiger partial charge in [0.25, 0.3) is 0 Å². The normalized spacial score (nSPS) is 23.5. The molecule has 2 aliphatic rings. The molecule has 1 aromatic heterocycles. The van der Waals surface area contributed by atoms with Crippen molar-refractivity contribution in [3.63, 3.8) is 0 Å². The van der Waals surface area contributed by atoms with E-state index in [0.717, 1.165) is 12.6 Å². The fourth-order valence-electron chi connectivity index (χ4n) is 2.57. The monoisotopic (exact) mass is 249 g/mol. The Kier molecular flexibility index (Phi) is 2.50. The molecule has 0 aliphatic carbocycles. The Morgan fingerprint density at radius 3 is 2.94 bits per heavy atom. The van der Waals surface area contributed by atoms with Gasteiger partial charge in [-0.1, -0.05) is 0 Å². The standard InChI is InChI=1S/C12H12FN3O2/c13-8-4-9(6-14-5-8)16-7-11(17)15-3-1-2-10(15)12(16)18/h4-6,10H,1-3,7H2. The minimum Gasteiger partial charge on any atom is -0.329 e. The zero-order valence-electron chi connectivity index (χ0n) is 9.67. The summed E-state index contributed by atoms with van der Waals surface area (Å²) in [5.74, 6) is -0.734. The van der Waals surface area contributed by atoms with E-state index in [1.807, 2.05) is 0 Å². The third kappa shape index (κ3) is 1.64. The van der Waals surface area contributed by atoms with Crippen molar-refractivity contribution in [2.45, 2.75) is 18.9 Å². The molecule has 6 heteroatoms. The molecule has 3 heterocycles. The number of carbonyl (C=O) groups excluding carboxylic acids is 2. The van der Waals surface area contributed by atoms with E-state index in [0.29, 0.717) is 18.7 Å². The van der Waals surface area contributed by atoms with Gasteiger partial charge < -0.3 is 4.90 Å². The molecule has 2 saturated heterocycles. The lowest BCUT2D eigenvalue weighted by atomic mass is 10.1. The Hall–Kier alpha value is -1.98. The molecule has 0 aromatic carbocycles. The molecular weight excluding hydrogens is 237 g/mol. The summed E-state index contributed by atoms with van der Waals surface area (Å²) in [6.45, 7) is 0.616. The largest absolute Gasteiger partial charge is 0.329 e. The van der Waals surface area contributed by atoms with Crippen molar-refractivity contribution in [2.75, 3.05) is 18.0 Å². The van der Waals surface area contributed by atoms with Gasteiger partial charge in [-0.25, -0.2) is 4.39 Å². The highest BCUT2D eigenvalue weighted by molar-refractivity contribution is 6.06. The first kappa shape index (κ1) is 11.1. The molecular formula is C12H12FN3O2. The lowest BCUT2D eigenvalue weighted by molar-refractivity contribution is -0.140. The van der Waals surface area contributed by atoms with Crippen molar-refractivity contribution < 1.29 is 14.0 Å². The first-order chi connectivity index (χ1) is 8.66. The first-order valence-corrected chi connectivity index (χ1v) is 5.88. The van der Waals surface area contributed by atoms with E-state index in [-0.39, 0.29) is 24.4 Å². The maximum absolute atomic E-state index is 13.1. The molecule has 94 valence electrons. The summed E-state index contributed by atoms with van der Waals surface area (Å²) in [4.78, 5) is 30.8. The van der Waals surface area contributed by atoms with Gasteiger partial charge in [0.05, 0.1) is 18.1 Å². The van der Waals surface area contributed by atoms with Crippen LogP contribution in [-0.4, -0.2) is 40.8 Å². The Morgan fingerprint density at radius 1 is 1.33 bits per heavy atom. The number of amides is 2. The zero-order valence-corrected chi connectivity index (χ0v) is 9.67. The predicted molar refractivity (Wildman–Crippen MR) is 61.3 cm³/mol. The first-order valence-electron chi connectivity index (χ1n) is 5.88. The molecule has 1 unspecified atom stereocenters. The fraction of sp³-hybridized carbons (Fsp3) is 0.417. The summed E-state index contributed by atoms with van der Waals surface area (Å²) in [7, 11) is 0. The zero-order chi connectivity index (χ0) is 12.7. The third-order valence-corrected chi connectivity index (χ3v) is 3.42. The van der Waals surface area contributed by atoms with Crippen molar-refractivity contribution in [3.8, 4) is 0 Å². The smallest absolute Gasteiger partial charge is 0.250 e. The van der Waals surface area contributed by atoms with E-state index < -0.39 is 5.82 Å². The van der Waals surface area contributed by atoms with Crippen molar-refractivity contribution in [3.05, 3.63) is 24.3 Å². The molecule has 18 heavy (non-hydrogen) atoms. The van der Waals surface area contributed by atoms with Crippen LogP contribution in [0.25, 0.3) is 0 Å². The van der Waals surface area contributed by atoms with E-state index in [1.165, 1.54) is 17.2 Å². The van der Waals surface area contributed by atoms with Gasteiger partial charge in [0.15, 0.2) is 0 Å². The van der Waals surface area contributed by atoms with E-state index in [9.17, 15) is 14.0 Å². The number of hydrogen-bond donors (Lipinski definition) is 0. The topological polar surface area (TPSA) is 53.5 Å². The maximum Gasteiger partial charge on any atom is 0.250 e. The molecule has 0 N–H and O–H groups in total. The second-order valence-corrected chi connectivity index (χ2v) is 4.53. The number of pyridine rings is 1. The summed E-state index contributed by atoms with van der Waals surface area (Å²) < 4.78 is 13.1. The highest BCUT2D eigenvalue weighted by Gasteiger charge is 2.42. The second-order valence-electron chi connectivity index (χ2n) is 4.53. The molecule has 2 fully saturated rings. The summed E-state index contributed by atoms with van der Waals surface area (Å²) >= 11 is 0. The maximum atomic E-state index is 13.1. The Balaban J connectivity index is 1.93. The van der Waals surface area contributed by atoms with Crippen molar-refractivity contribution >= 4 is 17.5 Å². The van der Waals surface area contributed by atoms with Crippen LogP contribution in [0.4, 0.5) is 10.1 Å². The van der Waals surface area contributed by atoms with Crippen molar-refractivity contribution in [1.82, 2.24) is 9.88 Å². The van der Waals surface area contributed by atoms with Gasteiger partial charge in [-0.15, -0.1) is 0 Å². The average molecular weight is 249 g/mol. The van der Waals surface area contributed by atoms with Crippen molar-refractivity contribution in [2.24, 2.45) is 0 Å². The summed E-state index contributed by atoms with van der Waals surface area (Å²) in [5.41, 5.74) is 0.347. The number of nitrogens with zero attached hydrogens (tertiary/aromatic N) is 3. The van der Waals surface area contributed by atoms with Gasteiger partial charge in [-0.3, -0.25) is 19.5 Å². The van der Waals surface area contributed by atoms with Gasteiger partial charge in [-0.2, -0.15) is 0 Å². The molecule has 2 aliphatic heterocycles. The van der Waals surface area contributed by atoms with Crippen LogP contribution in [0, 0.1) is 5.82 Å². The number of anilines is 1. The second kappa shape index (κ2) is 4.04. The minimum atomic E-state index is -0.512. The summed E-state index contributed by atoms with van der Waals surface area (Å²) in [6, 6.07) is 0.845. The van der Waals surface area contributed by atoms with Gasteiger partial charge in [0.2, 0.25) is 11.8 Å². The van der Waals surface area contributed by atoms with Crippen LogP contribution in [-0.2, 0) is 9.59 Å². The highest BCUT2D eigenvalue weighted by Crippen LogP contribution is 2.27. The van der Waals surface area contributed by atoms with Crippen LogP contribution >= 0.6 is 0 Å². The number of carbonyl (C=O) groups is 2. The van der Waals surface area contributed by atoms with Gasteiger partial charge in [0.1, 0.15) is 18.4 Å². The number of fused-ring (bicyclic) bond motifs is 1. The molecule has 3 rings (SSSR count). The van der Waals surface area contributed by atoms with Crippen LogP contribution in [0.5, 0.6) is 0 Å². The highest BCUT2D eigenvalue weighted by atomic mass is 19.1. The molecule has 0 bridgehead atoms. The average Bonchev–Trinajstić information content (AvgIpc) is 2.83. The lowest BCUT2D eigenvalue weighted by Gasteiger charge is -2.36. The molecule has 1 atom stereocenters. The molecule has 2 amide bonds. The quantitative estimate of drug-likeness (QED) is 0.730. The predicted octanol–water partition coefficient (Wildman–Crippen LogP) is 0.558. The number of hydrogen-bond acceptors (Lipinski definition) is 3. The van der Waals surface area contributed by atoms with Gasteiger partial charge >= 0.3 is 0 Å². The van der Waals surface area contributed by atoms with Crippen LogP contribution in [0.2, 0.25) is 0 Å². The van der Waals surface area contributed by atoms with Crippen LogP contribution in [0.1, 0.15) is 12.8 Å². The van der Waals surface area contributed by atoms with Gasteiger partial charge in [0, 0.05) is 12.6 Å². The Morgan fingerprint density at radius 2 is 2.17 bits per heavy atom. The Labute approximate surface area is 103 Å². The molecule has 0 spiro atoms. The van der Waals surface area contributed by atoms with Crippen LogP contribution in [0.3, 0.4) is 0 Å². The SMILES string of the molecule is O=C1C2CCCN2C(=O)CN1c1cncc(F)c1. The van der Waals surface area contributed by atoms with E-state index in [4.69, 9.17) is 0 Å². The lowest BCUT2D eigenvalue weighted by Crippen LogP contribution is -2.57. The molecule has 0 saturated carbocycles. The van der Waals surface area contributed by atoms with E-state index >= 15 is 0 Å². The fourth-order valence-corrected chi connectivity index (χ4v) is 2.57. The van der Waals surface area contributed by atoms with Crippen molar-refractivity contribution in [1.29, 1.82) is 0 Å². The van der Waals surface area contributed by atoms with Crippen LogP contribution < -0.4 is 4.90 Å². The van der Waals surface area contributed by atoms with Crippen LogP contribution in [0.15, 0.2) is 18.5 Å². The molecule has 0 radical (unpaired) electrons. The minimum absolute atomic E-state index is 0.0273. The van der Waals surface area contributed by atoms with Gasteiger partial charge in [-0.05, 0) is 12.8 Å². The summed E-state index contributed by atoms with van der Waals surface area (Å²) in [6.07, 6.45) is 4.00. The molecule has 5 nitrogen and oxygen atoms in total. The number of halogens is 1. The third-order valence-electron chi connectivity index (χ3n) is 3.42. The molecule has 1 aromatic rings. The van der Waals surface area contributed by atoms with E-state index in [2.05, 4.69) is 4.98 Å².